The first-order valence-corrected chi connectivity index (χ1v) is 6.03. The van der Waals surface area contributed by atoms with E-state index >= 15 is 0 Å². The molecule has 0 spiro atoms. The van der Waals surface area contributed by atoms with E-state index in [0.29, 0.717) is 5.92 Å². The predicted octanol–water partition coefficient (Wildman–Crippen LogP) is 2.31. The lowest BCUT2D eigenvalue weighted by atomic mass is 9.80. The molecule has 1 aliphatic rings. The van der Waals surface area contributed by atoms with Gasteiger partial charge in [-0.25, -0.2) is 0 Å². The fourth-order valence-electron chi connectivity index (χ4n) is 2.12. The summed E-state index contributed by atoms with van der Waals surface area (Å²) >= 11 is 0. The van der Waals surface area contributed by atoms with E-state index in [-0.39, 0.29) is 11.3 Å². The molecule has 1 fully saturated rings. The molecule has 0 aromatic heterocycles. The van der Waals surface area contributed by atoms with Gasteiger partial charge >= 0.3 is 0 Å². The van der Waals surface area contributed by atoms with Crippen LogP contribution >= 0.6 is 0 Å². The SMILES string of the molecule is COC(C)(C)C(=O)N1CCC(C(C)(C)C)C1. The number of likely N-dealkylation sites (tertiary alicyclic amines) is 1. The minimum absolute atomic E-state index is 0.113. The van der Waals surface area contributed by atoms with Crippen molar-refractivity contribution in [3.8, 4) is 0 Å². The van der Waals surface area contributed by atoms with Crippen LogP contribution in [0.1, 0.15) is 41.0 Å². The Labute approximate surface area is 99.1 Å². The number of rotatable bonds is 2. The van der Waals surface area contributed by atoms with Gasteiger partial charge in [0.05, 0.1) is 0 Å². The maximum absolute atomic E-state index is 12.2. The average molecular weight is 227 g/mol. The van der Waals surface area contributed by atoms with Gasteiger partial charge in [-0.3, -0.25) is 4.79 Å². The molecule has 16 heavy (non-hydrogen) atoms. The van der Waals surface area contributed by atoms with Crippen LogP contribution in [-0.2, 0) is 9.53 Å². The topological polar surface area (TPSA) is 29.5 Å². The Morgan fingerprint density at radius 3 is 2.19 bits per heavy atom. The molecule has 1 unspecified atom stereocenters. The summed E-state index contributed by atoms with van der Waals surface area (Å²) in [7, 11) is 1.59. The summed E-state index contributed by atoms with van der Waals surface area (Å²) < 4.78 is 5.24. The Kier molecular flexibility index (Phi) is 3.68. The molecule has 0 N–H and O–H groups in total. The molecule has 1 atom stereocenters. The van der Waals surface area contributed by atoms with E-state index in [1.807, 2.05) is 18.7 Å². The van der Waals surface area contributed by atoms with Gasteiger partial charge in [-0.05, 0) is 31.6 Å². The number of ether oxygens (including phenoxy) is 1. The van der Waals surface area contributed by atoms with E-state index in [1.54, 1.807) is 7.11 Å². The minimum Gasteiger partial charge on any atom is -0.369 e. The van der Waals surface area contributed by atoms with Gasteiger partial charge in [0, 0.05) is 20.2 Å². The fourth-order valence-corrected chi connectivity index (χ4v) is 2.12. The minimum atomic E-state index is -0.688. The van der Waals surface area contributed by atoms with Crippen LogP contribution in [0, 0.1) is 11.3 Å². The molecule has 3 nitrogen and oxygen atoms in total. The van der Waals surface area contributed by atoms with Crippen molar-refractivity contribution >= 4 is 5.91 Å². The number of hydrogen-bond acceptors (Lipinski definition) is 2. The molecule has 3 heteroatoms. The van der Waals surface area contributed by atoms with E-state index in [9.17, 15) is 4.79 Å². The quantitative estimate of drug-likeness (QED) is 0.724. The van der Waals surface area contributed by atoms with Crippen molar-refractivity contribution in [2.75, 3.05) is 20.2 Å². The average Bonchev–Trinajstić information content (AvgIpc) is 2.64. The van der Waals surface area contributed by atoms with Gasteiger partial charge in [0.1, 0.15) is 5.60 Å². The van der Waals surface area contributed by atoms with E-state index < -0.39 is 5.60 Å². The van der Waals surface area contributed by atoms with Crippen LogP contribution < -0.4 is 0 Å². The highest BCUT2D eigenvalue weighted by molar-refractivity contribution is 5.84. The van der Waals surface area contributed by atoms with Crippen molar-refractivity contribution in [3.05, 3.63) is 0 Å². The van der Waals surface area contributed by atoms with Gasteiger partial charge in [-0.1, -0.05) is 20.8 Å². The van der Waals surface area contributed by atoms with Crippen LogP contribution in [0.2, 0.25) is 0 Å². The maximum Gasteiger partial charge on any atom is 0.254 e. The largest absolute Gasteiger partial charge is 0.369 e. The third kappa shape index (κ3) is 2.76. The zero-order valence-corrected chi connectivity index (χ0v) is 11.5. The zero-order valence-electron chi connectivity index (χ0n) is 11.5. The Morgan fingerprint density at radius 2 is 1.81 bits per heavy atom. The van der Waals surface area contributed by atoms with Crippen molar-refractivity contribution in [3.63, 3.8) is 0 Å². The predicted molar refractivity (Wildman–Crippen MR) is 65.2 cm³/mol. The third-order valence-electron chi connectivity index (χ3n) is 3.73. The molecule has 0 aliphatic carbocycles. The van der Waals surface area contributed by atoms with Crippen LogP contribution in [0.5, 0.6) is 0 Å². The van der Waals surface area contributed by atoms with Gasteiger partial charge in [0.2, 0.25) is 0 Å². The summed E-state index contributed by atoms with van der Waals surface area (Å²) in [5, 5.41) is 0. The maximum atomic E-state index is 12.2. The molecule has 0 aromatic rings. The summed E-state index contributed by atoms with van der Waals surface area (Å²) in [5.41, 5.74) is -0.404. The van der Waals surface area contributed by atoms with Crippen LogP contribution in [0.15, 0.2) is 0 Å². The van der Waals surface area contributed by atoms with Crippen molar-refractivity contribution in [1.29, 1.82) is 0 Å². The smallest absolute Gasteiger partial charge is 0.254 e. The molecular formula is C13H25NO2. The number of hydrogen-bond donors (Lipinski definition) is 0. The molecule has 1 rings (SSSR count). The Morgan fingerprint density at radius 1 is 1.25 bits per heavy atom. The molecule has 0 saturated carbocycles. The molecular weight excluding hydrogens is 202 g/mol. The lowest BCUT2D eigenvalue weighted by molar-refractivity contribution is -0.150. The van der Waals surface area contributed by atoms with Gasteiger partial charge in [-0.15, -0.1) is 0 Å². The first-order valence-electron chi connectivity index (χ1n) is 6.03. The highest BCUT2D eigenvalue weighted by Gasteiger charge is 2.39. The van der Waals surface area contributed by atoms with E-state index in [0.717, 1.165) is 19.5 Å². The van der Waals surface area contributed by atoms with E-state index in [2.05, 4.69) is 20.8 Å². The number of carbonyl (C=O) groups is 1. The monoisotopic (exact) mass is 227 g/mol. The van der Waals surface area contributed by atoms with E-state index in [1.165, 1.54) is 0 Å². The van der Waals surface area contributed by atoms with Crippen molar-refractivity contribution in [2.45, 2.75) is 46.6 Å². The third-order valence-corrected chi connectivity index (χ3v) is 3.73. The lowest BCUT2D eigenvalue weighted by Crippen LogP contribution is -2.45. The Balaban J connectivity index is 2.64. The summed E-state index contributed by atoms with van der Waals surface area (Å²) in [4.78, 5) is 14.1. The highest BCUT2D eigenvalue weighted by Crippen LogP contribution is 2.34. The summed E-state index contributed by atoms with van der Waals surface area (Å²) in [5.74, 6) is 0.714. The van der Waals surface area contributed by atoms with Crippen LogP contribution in [0.3, 0.4) is 0 Å². The molecule has 0 radical (unpaired) electrons. The first kappa shape index (κ1) is 13.5. The summed E-state index contributed by atoms with van der Waals surface area (Å²) in [6, 6.07) is 0. The van der Waals surface area contributed by atoms with Crippen molar-refractivity contribution in [1.82, 2.24) is 4.90 Å². The molecule has 1 aliphatic heterocycles. The van der Waals surface area contributed by atoms with Crippen LogP contribution in [0.4, 0.5) is 0 Å². The Hall–Kier alpha value is -0.570. The second kappa shape index (κ2) is 4.36. The molecule has 1 saturated heterocycles. The molecule has 0 bridgehead atoms. The summed E-state index contributed by atoms with van der Waals surface area (Å²) in [6.45, 7) is 12.1. The number of nitrogens with zero attached hydrogens (tertiary/aromatic N) is 1. The fraction of sp³-hybridized carbons (Fsp3) is 0.923. The van der Waals surface area contributed by atoms with Crippen molar-refractivity contribution in [2.24, 2.45) is 11.3 Å². The number of amides is 1. The van der Waals surface area contributed by atoms with Gasteiger partial charge in [0.15, 0.2) is 0 Å². The highest BCUT2D eigenvalue weighted by atomic mass is 16.5. The summed E-state index contributed by atoms with van der Waals surface area (Å²) in [6.07, 6.45) is 1.11. The molecule has 94 valence electrons. The molecule has 1 amide bonds. The number of carbonyl (C=O) groups excluding carboxylic acids is 1. The first-order chi connectivity index (χ1) is 7.18. The standard InChI is InChI=1S/C13H25NO2/c1-12(2,3)10-7-8-14(9-10)11(15)13(4,5)16-6/h10H,7-9H2,1-6H3. The van der Waals surface area contributed by atoms with Gasteiger partial charge in [-0.2, -0.15) is 0 Å². The van der Waals surface area contributed by atoms with Crippen LogP contribution in [0.25, 0.3) is 0 Å². The second-order valence-corrected chi connectivity index (χ2v) is 6.32. The van der Waals surface area contributed by atoms with Crippen LogP contribution in [-0.4, -0.2) is 36.6 Å². The van der Waals surface area contributed by atoms with E-state index in [4.69, 9.17) is 4.74 Å². The normalized spacial score (nSPS) is 22.6. The van der Waals surface area contributed by atoms with Gasteiger partial charge < -0.3 is 9.64 Å². The molecule has 1 heterocycles. The lowest BCUT2D eigenvalue weighted by Gasteiger charge is -2.30. The number of methoxy groups -OCH3 is 1. The molecule has 0 aromatic carbocycles. The van der Waals surface area contributed by atoms with Crippen molar-refractivity contribution < 1.29 is 9.53 Å². The second-order valence-electron chi connectivity index (χ2n) is 6.32. The Bertz CT molecular complexity index is 266. The zero-order chi connectivity index (χ0) is 12.6. The van der Waals surface area contributed by atoms with Gasteiger partial charge in [0.25, 0.3) is 5.91 Å².